The lowest BCUT2D eigenvalue weighted by Crippen LogP contribution is -2.46. The van der Waals surface area contributed by atoms with E-state index in [9.17, 15) is 0 Å². The van der Waals surface area contributed by atoms with Gasteiger partial charge in [0.05, 0.1) is 0 Å². The van der Waals surface area contributed by atoms with Crippen molar-refractivity contribution in [2.75, 3.05) is 13.6 Å². The average Bonchev–Trinajstić information content (AvgIpc) is 3.26. The molecule has 3 rings (SSSR count). The Morgan fingerprint density at radius 1 is 1.15 bits per heavy atom. The first-order valence-electron chi connectivity index (χ1n) is 8.16. The molecule has 1 aromatic rings. The standard InChI is InChI=1S/C18H28N2/c1-13-4-6-15(7-5-13)18(16-8-9-16)19-17-10-11-20(3)14(2)12-17/h4-7,14,16-19H,8-12H2,1-3H3. The molecule has 3 unspecified atom stereocenters. The van der Waals surface area contributed by atoms with E-state index in [2.05, 4.69) is 55.4 Å². The van der Waals surface area contributed by atoms with Crippen LogP contribution >= 0.6 is 0 Å². The van der Waals surface area contributed by atoms with Gasteiger partial charge in [0.1, 0.15) is 0 Å². The van der Waals surface area contributed by atoms with Crippen molar-refractivity contribution in [3.05, 3.63) is 35.4 Å². The summed E-state index contributed by atoms with van der Waals surface area (Å²) in [6.45, 7) is 5.75. The lowest BCUT2D eigenvalue weighted by Gasteiger charge is -2.37. The Morgan fingerprint density at radius 3 is 2.45 bits per heavy atom. The molecule has 1 heterocycles. The van der Waals surface area contributed by atoms with Gasteiger partial charge < -0.3 is 10.2 Å². The fraction of sp³-hybridized carbons (Fsp3) is 0.667. The van der Waals surface area contributed by atoms with Crippen molar-refractivity contribution >= 4 is 0 Å². The van der Waals surface area contributed by atoms with E-state index in [1.165, 1.54) is 43.4 Å². The summed E-state index contributed by atoms with van der Waals surface area (Å²) in [6.07, 6.45) is 5.36. The molecule has 2 nitrogen and oxygen atoms in total. The molecule has 0 spiro atoms. The molecule has 0 bridgehead atoms. The number of nitrogens with zero attached hydrogens (tertiary/aromatic N) is 1. The van der Waals surface area contributed by atoms with Crippen LogP contribution in [0.5, 0.6) is 0 Å². The van der Waals surface area contributed by atoms with Gasteiger partial charge in [-0.05, 0) is 64.6 Å². The van der Waals surface area contributed by atoms with Crippen LogP contribution in [0.25, 0.3) is 0 Å². The van der Waals surface area contributed by atoms with Crippen LogP contribution in [0, 0.1) is 12.8 Å². The van der Waals surface area contributed by atoms with E-state index in [-0.39, 0.29) is 0 Å². The van der Waals surface area contributed by atoms with E-state index >= 15 is 0 Å². The second-order valence-corrected chi connectivity index (χ2v) is 6.94. The van der Waals surface area contributed by atoms with Crippen LogP contribution in [0.2, 0.25) is 0 Å². The van der Waals surface area contributed by atoms with Crippen LogP contribution in [0.4, 0.5) is 0 Å². The number of hydrogen-bond acceptors (Lipinski definition) is 2. The first-order chi connectivity index (χ1) is 9.63. The van der Waals surface area contributed by atoms with Gasteiger partial charge in [-0.2, -0.15) is 0 Å². The Labute approximate surface area is 123 Å². The zero-order valence-electron chi connectivity index (χ0n) is 13.1. The van der Waals surface area contributed by atoms with Crippen LogP contribution in [-0.2, 0) is 0 Å². The number of rotatable bonds is 4. The molecule has 0 aromatic heterocycles. The summed E-state index contributed by atoms with van der Waals surface area (Å²) in [5.74, 6) is 0.868. The zero-order chi connectivity index (χ0) is 14.1. The van der Waals surface area contributed by atoms with Gasteiger partial charge >= 0.3 is 0 Å². The highest BCUT2D eigenvalue weighted by molar-refractivity contribution is 5.25. The largest absolute Gasteiger partial charge is 0.307 e. The van der Waals surface area contributed by atoms with Crippen molar-refractivity contribution in [3.63, 3.8) is 0 Å². The van der Waals surface area contributed by atoms with E-state index in [4.69, 9.17) is 0 Å². The topological polar surface area (TPSA) is 15.3 Å². The van der Waals surface area contributed by atoms with Crippen molar-refractivity contribution in [2.45, 2.75) is 57.7 Å². The van der Waals surface area contributed by atoms with Crippen LogP contribution in [0.1, 0.15) is 49.8 Å². The van der Waals surface area contributed by atoms with Crippen LogP contribution in [0.15, 0.2) is 24.3 Å². The molecule has 0 radical (unpaired) electrons. The summed E-state index contributed by atoms with van der Waals surface area (Å²) in [6, 6.07) is 11.1. The molecule has 0 amide bonds. The number of aryl methyl sites for hydroxylation is 1. The molecule has 110 valence electrons. The third kappa shape index (κ3) is 3.24. The third-order valence-electron chi connectivity index (χ3n) is 5.15. The number of benzene rings is 1. The Hall–Kier alpha value is -0.860. The van der Waals surface area contributed by atoms with Crippen molar-refractivity contribution < 1.29 is 0 Å². The molecule has 20 heavy (non-hydrogen) atoms. The predicted molar refractivity (Wildman–Crippen MR) is 84.9 cm³/mol. The number of piperidine rings is 1. The van der Waals surface area contributed by atoms with E-state index in [0.717, 1.165) is 5.92 Å². The van der Waals surface area contributed by atoms with Crippen molar-refractivity contribution in [2.24, 2.45) is 5.92 Å². The highest BCUT2D eigenvalue weighted by Crippen LogP contribution is 2.41. The van der Waals surface area contributed by atoms with Gasteiger partial charge in [0, 0.05) is 18.1 Å². The van der Waals surface area contributed by atoms with Crippen molar-refractivity contribution in [1.82, 2.24) is 10.2 Å². The first-order valence-corrected chi connectivity index (χ1v) is 8.16. The maximum Gasteiger partial charge on any atom is 0.0351 e. The maximum atomic E-state index is 3.98. The van der Waals surface area contributed by atoms with Gasteiger partial charge in [0.25, 0.3) is 0 Å². The highest BCUT2D eigenvalue weighted by atomic mass is 15.1. The molecular weight excluding hydrogens is 244 g/mol. The summed E-state index contributed by atoms with van der Waals surface area (Å²) in [4.78, 5) is 2.48. The Balaban J connectivity index is 1.67. The molecule has 1 N–H and O–H groups in total. The number of nitrogens with one attached hydrogen (secondary N) is 1. The normalized spacial score (nSPS) is 29.4. The molecule has 1 saturated heterocycles. The molecule has 1 aromatic carbocycles. The van der Waals surface area contributed by atoms with E-state index in [0.29, 0.717) is 18.1 Å². The fourth-order valence-electron chi connectivity index (χ4n) is 3.40. The smallest absolute Gasteiger partial charge is 0.0351 e. The minimum Gasteiger partial charge on any atom is -0.307 e. The van der Waals surface area contributed by atoms with Crippen molar-refractivity contribution in [1.29, 1.82) is 0 Å². The second-order valence-electron chi connectivity index (χ2n) is 6.94. The maximum absolute atomic E-state index is 3.98. The summed E-state index contributed by atoms with van der Waals surface area (Å²) in [5.41, 5.74) is 2.85. The third-order valence-corrected chi connectivity index (χ3v) is 5.15. The molecular formula is C18H28N2. The summed E-state index contributed by atoms with van der Waals surface area (Å²) < 4.78 is 0. The Kier molecular flexibility index (Phi) is 4.13. The van der Waals surface area contributed by atoms with Gasteiger partial charge in [-0.15, -0.1) is 0 Å². The SMILES string of the molecule is Cc1ccc(C(NC2CCN(C)C(C)C2)C2CC2)cc1. The van der Waals surface area contributed by atoms with Gasteiger partial charge in [-0.25, -0.2) is 0 Å². The zero-order valence-corrected chi connectivity index (χ0v) is 13.1. The van der Waals surface area contributed by atoms with Gasteiger partial charge in [-0.3, -0.25) is 0 Å². The molecule has 1 saturated carbocycles. The highest BCUT2D eigenvalue weighted by Gasteiger charge is 2.34. The molecule has 3 atom stereocenters. The van der Waals surface area contributed by atoms with Crippen LogP contribution in [-0.4, -0.2) is 30.6 Å². The summed E-state index contributed by atoms with van der Waals surface area (Å²) >= 11 is 0. The minimum absolute atomic E-state index is 0.580. The lowest BCUT2D eigenvalue weighted by atomic mass is 9.95. The van der Waals surface area contributed by atoms with Gasteiger partial charge in [-0.1, -0.05) is 29.8 Å². The molecule has 2 aliphatic rings. The predicted octanol–water partition coefficient (Wildman–Crippen LogP) is 3.52. The minimum atomic E-state index is 0.580. The van der Waals surface area contributed by atoms with Gasteiger partial charge in [0.2, 0.25) is 0 Å². The molecule has 1 aliphatic carbocycles. The number of likely N-dealkylation sites (tertiary alicyclic amines) is 1. The van der Waals surface area contributed by atoms with E-state index in [1.54, 1.807) is 0 Å². The number of hydrogen-bond donors (Lipinski definition) is 1. The second kappa shape index (κ2) is 5.87. The van der Waals surface area contributed by atoms with Gasteiger partial charge in [0.15, 0.2) is 0 Å². The lowest BCUT2D eigenvalue weighted by molar-refractivity contribution is 0.160. The van der Waals surface area contributed by atoms with Crippen LogP contribution in [0.3, 0.4) is 0 Å². The fourth-order valence-corrected chi connectivity index (χ4v) is 3.40. The summed E-state index contributed by atoms with van der Waals surface area (Å²) in [7, 11) is 2.25. The quantitative estimate of drug-likeness (QED) is 0.902. The molecule has 2 heteroatoms. The summed E-state index contributed by atoms with van der Waals surface area (Å²) in [5, 5.41) is 3.98. The first kappa shape index (κ1) is 14.1. The monoisotopic (exact) mass is 272 g/mol. The Morgan fingerprint density at radius 2 is 1.85 bits per heavy atom. The van der Waals surface area contributed by atoms with Crippen LogP contribution < -0.4 is 5.32 Å². The van der Waals surface area contributed by atoms with E-state index < -0.39 is 0 Å². The molecule has 1 aliphatic heterocycles. The molecule has 2 fully saturated rings. The Bertz CT molecular complexity index is 435. The average molecular weight is 272 g/mol. The van der Waals surface area contributed by atoms with E-state index in [1.807, 2.05) is 0 Å². The van der Waals surface area contributed by atoms with Crippen molar-refractivity contribution in [3.8, 4) is 0 Å².